The molecule has 0 aliphatic carbocycles. The van der Waals surface area contributed by atoms with Gasteiger partial charge in [0.15, 0.2) is 5.76 Å². The van der Waals surface area contributed by atoms with E-state index in [2.05, 4.69) is 16.4 Å². The van der Waals surface area contributed by atoms with E-state index in [9.17, 15) is 10.1 Å². The van der Waals surface area contributed by atoms with Crippen molar-refractivity contribution in [3.05, 3.63) is 47.3 Å². The molecular weight excluding hydrogens is 408 g/mol. The topological polar surface area (TPSA) is 105 Å². The van der Waals surface area contributed by atoms with Crippen LogP contribution >= 0.6 is 11.6 Å². The highest BCUT2D eigenvalue weighted by Crippen LogP contribution is 2.32. The Labute approximate surface area is 178 Å². The van der Waals surface area contributed by atoms with Crippen LogP contribution in [0.4, 0.5) is 11.6 Å². The van der Waals surface area contributed by atoms with Crippen molar-refractivity contribution in [3.63, 3.8) is 0 Å². The minimum atomic E-state index is -0.153. The van der Waals surface area contributed by atoms with Crippen LogP contribution in [-0.2, 0) is 4.79 Å². The Morgan fingerprint density at radius 1 is 1.37 bits per heavy atom. The number of oxazole rings is 1. The maximum Gasteiger partial charge on any atom is 0.266 e. The van der Waals surface area contributed by atoms with E-state index in [1.165, 1.54) is 13.4 Å². The van der Waals surface area contributed by atoms with E-state index in [-0.39, 0.29) is 23.4 Å². The molecule has 0 radical (unpaired) electrons. The molecule has 0 unspecified atom stereocenters. The molecule has 3 heterocycles. The third kappa shape index (κ3) is 3.98. The van der Waals surface area contributed by atoms with Crippen molar-refractivity contribution in [1.82, 2.24) is 4.98 Å². The molecule has 8 nitrogen and oxygen atoms in total. The normalized spacial score (nSPS) is 14.4. The molecule has 1 fully saturated rings. The predicted molar refractivity (Wildman–Crippen MR) is 110 cm³/mol. The summed E-state index contributed by atoms with van der Waals surface area (Å²) < 4.78 is 16.2. The molecule has 4 rings (SSSR count). The summed E-state index contributed by atoms with van der Waals surface area (Å²) in [5.41, 5.74) is 0.829. The first kappa shape index (κ1) is 19.9. The number of nitriles is 1. The van der Waals surface area contributed by atoms with E-state index < -0.39 is 0 Å². The number of furan rings is 1. The van der Waals surface area contributed by atoms with E-state index in [1.54, 1.807) is 30.3 Å². The number of ether oxygens (including phenoxy) is 1. The SMILES string of the molecule is COc1ccc(NC(=O)C2CCN(c3oc(-c4ccco4)nc3C#N)CC2)cc1Cl. The lowest BCUT2D eigenvalue weighted by atomic mass is 9.96. The number of amides is 1. The van der Waals surface area contributed by atoms with Crippen LogP contribution in [0, 0.1) is 17.2 Å². The van der Waals surface area contributed by atoms with Gasteiger partial charge in [-0.2, -0.15) is 10.2 Å². The van der Waals surface area contributed by atoms with E-state index in [1.807, 2.05) is 4.90 Å². The minimum absolute atomic E-state index is 0.0646. The molecule has 1 aliphatic heterocycles. The lowest BCUT2D eigenvalue weighted by Crippen LogP contribution is -2.38. The first-order valence-electron chi connectivity index (χ1n) is 9.43. The fraction of sp³-hybridized carbons (Fsp3) is 0.286. The third-order valence-electron chi connectivity index (χ3n) is 5.02. The van der Waals surface area contributed by atoms with Gasteiger partial charge in [-0.3, -0.25) is 4.79 Å². The minimum Gasteiger partial charge on any atom is -0.495 e. The highest BCUT2D eigenvalue weighted by atomic mass is 35.5. The first-order chi connectivity index (χ1) is 14.6. The monoisotopic (exact) mass is 426 g/mol. The number of benzene rings is 1. The zero-order chi connectivity index (χ0) is 21.1. The average molecular weight is 427 g/mol. The Balaban J connectivity index is 1.40. The first-order valence-corrected chi connectivity index (χ1v) is 9.81. The van der Waals surface area contributed by atoms with Gasteiger partial charge in [0.25, 0.3) is 5.89 Å². The maximum atomic E-state index is 12.7. The summed E-state index contributed by atoms with van der Waals surface area (Å²) in [6.07, 6.45) is 2.76. The second-order valence-electron chi connectivity index (χ2n) is 6.86. The van der Waals surface area contributed by atoms with Gasteiger partial charge < -0.3 is 23.8 Å². The highest BCUT2D eigenvalue weighted by molar-refractivity contribution is 6.32. The van der Waals surface area contributed by atoms with Gasteiger partial charge in [-0.15, -0.1) is 0 Å². The molecule has 0 atom stereocenters. The molecule has 1 N–H and O–H groups in total. The standard InChI is InChI=1S/C21H19ClN4O4/c1-28-17-5-4-14(11-15(17)22)24-19(27)13-6-8-26(9-7-13)21-16(12-23)25-20(30-21)18-3-2-10-29-18/h2-5,10-11,13H,6-9H2,1H3,(H,24,27). The number of nitrogens with one attached hydrogen (secondary N) is 1. The Hall–Kier alpha value is -3.44. The van der Waals surface area contributed by atoms with Crippen molar-refractivity contribution < 1.29 is 18.4 Å². The number of carbonyl (C=O) groups is 1. The van der Waals surface area contributed by atoms with Gasteiger partial charge in [0.1, 0.15) is 11.8 Å². The molecule has 1 aromatic carbocycles. The fourth-order valence-corrected chi connectivity index (χ4v) is 3.70. The average Bonchev–Trinajstić information content (AvgIpc) is 3.44. The van der Waals surface area contributed by atoms with E-state index in [0.29, 0.717) is 54.0 Å². The van der Waals surface area contributed by atoms with Crippen molar-refractivity contribution in [2.45, 2.75) is 12.8 Å². The van der Waals surface area contributed by atoms with Gasteiger partial charge >= 0.3 is 0 Å². The third-order valence-corrected chi connectivity index (χ3v) is 5.31. The number of hydrogen-bond acceptors (Lipinski definition) is 7. The van der Waals surface area contributed by atoms with Crippen LogP contribution in [-0.4, -0.2) is 31.1 Å². The summed E-state index contributed by atoms with van der Waals surface area (Å²) in [6, 6.07) is 10.6. The summed E-state index contributed by atoms with van der Waals surface area (Å²) in [5.74, 6) is 1.47. The smallest absolute Gasteiger partial charge is 0.266 e. The van der Waals surface area contributed by atoms with Crippen LogP contribution in [0.15, 0.2) is 45.4 Å². The van der Waals surface area contributed by atoms with Crippen molar-refractivity contribution in [1.29, 1.82) is 5.26 Å². The summed E-state index contributed by atoms with van der Waals surface area (Å²) in [7, 11) is 1.54. The van der Waals surface area contributed by atoms with Gasteiger partial charge in [0.2, 0.25) is 17.5 Å². The molecule has 0 bridgehead atoms. The summed E-state index contributed by atoms with van der Waals surface area (Å²) >= 11 is 6.12. The van der Waals surface area contributed by atoms with Gasteiger partial charge in [-0.25, -0.2) is 0 Å². The number of anilines is 2. The van der Waals surface area contributed by atoms with Crippen molar-refractivity contribution in [2.75, 3.05) is 30.4 Å². The number of piperidine rings is 1. The highest BCUT2D eigenvalue weighted by Gasteiger charge is 2.29. The molecule has 1 saturated heterocycles. The number of halogens is 1. The van der Waals surface area contributed by atoms with Crippen molar-refractivity contribution in [2.24, 2.45) is 5.92 Å². The zero-order valence-corrected chi connectivity index (χ0v) is 17.0. The molecule has 2 aromatic heterocycles. The lowest BCUT2D eigenvalue weighted by molar-refractivity contribution is -0.120. The van der Waals surface area contributed by atoms with Crippen LogP contribution in [0.5, 0.6) is 5.75 Å². The molecular formula is C21H19ClN4O4. The Kier molecular flexibility index (Phi) is 5.63. The van der Waals surface area contributed by atoms with Crippen molar-refractivity contribution >= 4 is 29.1 Å². The molecule has 154 valence electrons. The number of carbonyl (C=O) groups excluding carboxylic acids is 1. The molecule has 30 heavy (non-hydrogen) atoms. The molecule has 0 saturated carbocycles. The quantitative estimate of drug-likeness (QED) is 0.647. The maximum absolute atomic E-state index is 12.7. The van der Waals surface area contributed by atoms with Gasteiger partial charge in [-0.1, -0.05) is 11.6 Å². The predicted octanol–water partition coefficient (Wildman–Crippen LogP) is 4.32. The van der Waals surface area contributed by atoms with E-state index >= 15 is 0 Å². The van der Waals surface area contributed by atoms with E-state index in [4.69, 9.17) is 25.2 Å². The Bertz CT molecular complexity index is 1080. The number of rotatable bonds is 5. The summed E-state index contributed by atoms with van der Waals surface area (Å²) in [4.78, 5) is 18.8. The number of aromatic nitrogens is 1. The second kappa shape index (κ2) is 8.51. The Morgan fingerprint density at radius 3 is 2.80 bits per heavy atom. The van der Waals surface area contributed by atoms with Crippen LogP contribution in [0.3, 0.4) is 0 Å². The zero-order valence-electron chi connectivity index (χ0n) is 16.2. The molecule has 3 aromatic rings. The summed E-state index contributed by atoms with van der Waals surface area (Å²) in [6.45, 7) is 1.14. The number of nitrogens with zero attached hydrogens (tertiary/aromatic N) is 3. The van der Waals surface area contributed by atoms with Crippen LogP contribution in [0.1, 0.15) is 18.5 Å². The fourth-order valence-electron chi connectivity index (χ4n) is 3.44. The van der Waals surface area contributed by atoms with E-state index in [0.717, 1.165) is 0 Å². The van der Waals surface area contributed by atoms with Crippen LogP contribution in [0.25, 0.3) is 11.7 Å². The van der Waals surface area contributed by atoms with Gasteiger partial charge in [-0.05, 0) is 43.2 Å². The van der Waals surface area contributed by atoms with Crippen LogP contribution in [0.2, 0.25) is 5.02 Å². The molecule has 9 heteroatoms. The largest absolute Gasteiger partial charge is 0.495 e. The molecule has 1 aliphatic rings. The van der Waals surface area contributed by atoms with Gasteiger partial charge in [0.05, 0.1) is 18.4 Å². The Morgan fingerprint density at radius 2 is 2.17 bits per heavy atom. The second-order valence-corrected chi connectivity index (χ2v) is 7.27. The molecule has 0 spiro atoms. The van der Waals surface area contributed by atoms with Crippen molar-refractivity contribution in [3.8, 4) is 23.5 Å². The van der Waals surface area contributed by atoms with Gasteiger partial charge in [0, 0.05) is 24.7 Å². The van der Waals surface area contributed by atoms with Crippen LogP contribution < -0.4 is 15.0 Å². The number of hydrogen-bond donors (Lipinski definition) is 1. The molecule has 1 amide bonds. The summed E-state index contributed by atoms with van der Waals surface area (Å²) in [5, 5.41) is 12.8. The number of methoxy groups -OCH3 is 1. The lowest BCUT2D eigenvalue weighted by Gasteiger charge is -2.31.